The molecule has 2 rings (SSSR count). The maximum absolute atomic E-state index is 10.5. The first-order valence-electron chi connectivity index (χ1n) is 7.24. The Morgan fingerprint density at radius 3 is 2.63 bits per heavy atom. The fourth-order valence-electron chi connectivity index (χ4n) is 3.03. The van der Waals surface area contributed by atoms with Gasteiger partial charge in [-0.15, -0.1) is 11.3 Å². The first-order chi connectivity index (χ1) is 9.11. The third-order valence-corrected chi connectivity index (χ3v) is 6.80. The number of hydrogen-bond acceptors (Lipinski definition) is 2. The van der Waals surface area contributed by atoms with Gasteiger partial charge in [0, 0.05) is 4.88 Å². The summed E-state index contributed by atoms with van der Waals surface area (Å²) < 4.78 is 0.930. The molecule has 19 heavy (non-hydrogen) atoms. The van der Waals surface area contributed by atoms with Crippen LogP contribution >= 0.6 is 38.9 Å². The fraction of sp³-hybridized carbons (Fsp3) is 0.733. The number of rotatable bonds is 5. The van der Waals surface area contributed by atoms with Gasteiger partial charge in [-0.25, -0.2) is 0 Å². The van der Waals surface area contributed by atoms with Crippen molar-refractivity contribution in [3.63, 3.8) is 0 Å². The Balaban J connectivity index is 1.87. The van der Waals surface area contributed by atoms with E-state index < -0.39 is 0 Å². The summed E-state index contributed by atoms with van der Waals surface area (Å²) in [5.41, 5.74) is 0. The molecule has 108 valence electrons. The maximum Gasteiger partial charge on any atom is 0.0910 e. The minimum Gasteiger partial charge on any atom is -0.387 e. The second-order valence-electron chi connectivity index (χ2n) is 5.64. The molecule has 0 bridgehead atoms. The molecule has 1 N–H and O–H groups in total. The first-order valence-corrected chi connectivity index (χ1v) is 9.23. The van der Waals surface area contributed by atoms with E-state index in [1.54, 1.807) is 11.3 Å². The molecule has 0 radical (unpaired) electrons. The molecule has 0 aromatic carbocycles. The third-order valence-electron chi connectivity index (χ3n) is 4.26. The van der Waals surface area contributed by atoms with Crippen LogP contribution in [0.2, 0.25) is 5.02 Å². The fourth-order valence-corrected chi connectivity index (χ4v) is 4.85. The quantitative estimate of drug-likeness (QED) is 0.659. The van der Waals surface area contributed by atoms with Crippen LogP contribution in [0.1, 0.15) is 62.9 Å². The SMILES string of the molecule is CCCCC1CCC(C(O)c2cc(Cl)c(Br)s2)CC1. The second-order valence-corrected chi connectivity index (χ2v) is 8.45. The lowest BCUT2D eigenvalue weighted by Gasteiger charge is -2.31. The zero-order valence-corrected chi connectivity index (χ0v) is 14.5. The summed E-state index contributed by atoms with van der Waals surface area (Å²) in [6.07, 6.45) is 8.56. The predicted octanol–water partition coefficient (Wildman–Crippen LogP) is 6.19. The molecule has 1 aromatic rings. The van der Waals surface area contributed by atoms with Crippen LogP contribution in [0.5, 0.6) is 0 Å². The molecule has 1 aliphatic carbocycles. The smallest absolute Gasteiger partial charge is 0.0910 e. The maximum atomic E-state index is 10.5. The lowest BCUT2D eigenvalue weighted by atomic mass is 9.77. The lowest BCUT2D eigenvalue weighted by Crippen LogP contribution is -2.20. The Hall–Kier alpha value is 0.430. The Morgan fingerprint density at radius 2 is 2.11 bits per heavy atom. The first kappa shape index (κ1) is 15.8. The zero-order chi connectivity index (χ0) is 13.8. The predicted molar refractivity (Wildman–Crippen MR) is 87.0 cm³/mol. The van der Waals surface area contributed by atoms with E-state index in [0.717, 1.165) is 32.4 Å². The monoisotopic (exact) mass is 364 g/mol. The number of unbranched alkanes of at least 4 members (excludes halogenated alkanes) is 1. The molecular weight excluding hydrogens is 344 g/mol. The summed E-state index contributed by atoms with van der Waals surface area (Å²) in [5.74, 6) is 1.31. The molecule has 0 aliphatic heterocycles. The van der Waals surface area contributed by atoms with E-state index in [-0.39, 0.29) is 6.10 Å². The van der Waals surface area contributed by atoms with Gasteiger partial charge in [0.1, 0.15) is 0 Å². The summed E-state index contributed by atoms with van der Waals surface area (Å²) in [6, 6.07) is 1.91. The second kappa shape index (κ2) is 7.44. The molecule has 4 heteroatoms. The zero-order valence-electron chi connectivity index (χ0n) is 11.4. The van der Waals surface area contributed by atoms with E-state index in [0.29, 0.717) is 5.92 Å². The average molecular weight is 366 g/mol. The minimum atomic E-state index is -0.332. The van der Waals surface area contributed by atoms with E-state index >= 15 is 0 Å². The highest BCUT2D eigenvalue weighted by molar-refractivity contribution is 9.11. The van der Waals surface area contributed by atoms with Gasteiger partial charge in [0.25, 0.3) is 0 Å². The van der Waals surface area contributed by atoms with Crippen LogP contribution in [0.3, 0.4) is 0 Å². The van der Waals surface area contributed by atoms with Gasteiger partial charge in [-0.2, -0.15) is 0 Å². The molecular formula is C15H22BrClOS. The van der Waals surface area contributed by atoms with Crippen molar-refractivity contribution in [2.24, 2.45) is 11.8 Å². The van der Waals surface area contributed by atoms with E-state index in [2.05, 4.69) is 22.9 Å². The van der Waals surface area contributed by atoms with E-state index in [1.807, 2.05) is 6.07 Å². The highest BCUT2D eigenvalue weighted by Gasteiger charge is 2.28. The van der Waals surface area contributed by atoms with Gasteiger partial charge in [-0.3, -0.25) is 0 Å². The lowest BCUT2D eigenvalue weighted by molar-refractivity contribution is 0.0748. The Morgan fingerprint density at radius 1 is 1.42 bits per heavy atom. The van der Waals surface area contributed by atoms with Gasteiger partial charge >= 0.3 is 0 Å². The van der Waals surface area contributed by atoms with Crippen molar-refractivity contribution < 1.29 is 5.11 Å². The van der Waals surface area contributed by atoms with Gasteiger partial charge in [0.15, 0.2) is 0 Å². The van der Waals surface area contributed by atoms with Crippen LogP contribution in [-0.2, 0) is 0 Å². The molecule has 1 heterocycles. The van der Waals surface area contributed by atoms with Crippen molar-refractivity contribution in [2.45, 2.75) is 58.0 Å². The van der Waals surface area contributed by atoms with Crippen molar-refractivity contribution in [1.82, 2.24) is 0 Å². The van der Waals surface area contributed by atoms with Crippen LogP contribution in [0.4, 0.5) is 0 Å². The average Bonchev–Trinajstić information content (AvgIpc) is 2.76. The molecule has 1 nitrogen and oxygen atoms in total. The van der Waals surface area contributed by atoms with Gasteiger partial charge in [-0.1, -0.05) is 50.6 Å². The summed E-state index contributed by atoms with van der Waals surface area (Å²) in [5, 5.41) is 11.2. The molecule has 1 unspecified atom stereocenters. The van der Waals surface area contributed by atoms with E-state index in [1.165, 1.54) is 32.1 Å². The number of thiophene rings is 1. The molecule has 1 atom stereocenters. The van der Waals surface area contributed by atoms with Crippen LogP contribution in [0.15, 0.2) is 9.85 Å². The molecule has 0 saturated heterocycles. The van der Waals surface area contributed by atoms with Crippen molar-refractivity contribution in [3.05, 3.63) is 19.8 Å². The van der Waals surface area contributed by atoms with Crippen molar-refractivity contribution in [1.29, 1.82) is 0 Å². The number of hydrogen-bond donors (Lipinski definition) is 1. The summed E-state index contributed by atoms with van der Waals surface area (Å²) >= 11 is 11.0. The number of aliphatic hydroxyl groups is 1. The van der Waals surface area contributed by atoms with Gasteiger partial charge in [0.05, 0.1) is 14.9 Å². The van der Waals surface area contributed by atoms with Crippen LogP contribution in [0, 0.1) is 11.8 Å². The minimum absolute atomic E-state index is 0.332. The summed E-state index contributed by atoms with van der Waals surface area (Å²) in [4.78, 5) is 1.01. The van der Waals surface area contributed by atoms with E-state index in [9.17, 15) is 5.11 Å². The molecule has 1 aromatic heterocycles. The summed E-state index contributed by atoms with van der Waals surface area (Å²) in [6.45, 7) is 2.26. The molecule has 1 saturated carbocycles. The van der Waals surface area contributed by atoms with Crippen LogP contribution < -0.4 is 0 Å². The highest BCUT2D eigenvalue weighted by Crippen LogP contribution is 2.43. The largest absolute Gasteiger partial charge is 0.387 e. The van der Waals surface area contributed by atoms with Gasteiger partial charge < -0.3 is 5.11 Å². The van der Waals surface area contributed by atoms with Gasteiger partial charge in [0.2, 0.25) is 0 Å². The highest BCUT2D eigenvalue weighted by atomic mass is 79.9. The van der Waals surface area contributed by atoms with E-state index in [4.69, 9.17) is 11.6 Å². The van der Waals surface area contributed by atoms with Crippen molar-refractivity contribution in [2.75, 3.05) is 0 Å². The molecule has 0 spiro atoms. The number of aliphatic hydroxyl groups excluding tert-OH is 1. The van der Waals surface area contributed by atoms with Gasteiger partial charge in [-0.05, 0) is 46.7 Å². The molecule has 0 amide bonds. The Bertz CT molecular complexity index is 379. The standard InChI is InChI=1S/C15H22BrClOS/c1-2-3-4-10-5-7-11(8-6-10)14(18)13-9-12(17)15(16)19-13/h9-11,14,18H,2-8H2,1H3. The normalized spacial score (nSPS) is 25.5. The van der Waals surface area contributed by atoms with Crippen molar-refractivity contribution >= 4 is 38.9 Å². The number of halogens is 2. The van der Waals surface area contributed by atoms with Crippen LogP contribution in [0.25, 0.3) is 0 Å². The molecule has 1 fully saturated rings. The van der Waals surface area contributed by atoms with Crippen molar-refractivity contribution in [3.8, 4) is 0 Å². The Labute approximate surface area is 133 Å². The summed E-state index contributed by atoms with van der Waals surface area (Å²) in [7, 11) is 0. The van der Waals surface area contributed by atoms with Crippen LogP contribution in [-0.4, -0.2) is 5.11 Å². The topological polar surface area (TPSA) is 20.2 Å². The molecule has 1 aliphatic rings. The third kappa shape index (κ3) is 4.20. The Kier molecular flexibility index (Phi) is 6.19.